The summed E-state index contributed by atoms with van der Waals surface area (Å²) in [5.41, 5.74) is 1.66. The highest BCUT2D eigenvalue weighted by molar-refractivity contribution is 5.46. The highest BCUT2D eigenvalue weighted by atomic mass is 19.1. The average Bonchev–Trinajstić information content (AvgIpc) is 2.47. The quantitative estimate of drug-likeness (QED) is 0.867. The maximum atomic E-state index is 13.2. The number of ether oxygens (including phenoxy) is 1. The molecule has 0 aliphatic heterocycles. The molecule has 102 valence electrons. The third kappa shape index (κ3) is 4.08. The number of aliphatic hydroxyl groups excluding tert-OH is 1. The molecule has 0 atom stereocenters. The summed E-state index contributed by atoms with van der Waals surface area (Å²) in [5.74, 6) is 5.28. The first kappa shape index (κ1) is 14.0. The lowest BCUT2D eigenvalue weighted by molar-refractivity contribution is 0.319. The van der Waals surface area contributed by atoms with Crippen molar-refractivity contribution in [2.45, 2.75) is 6.42 Å². The molecule has 1 aromatic heterocycles. The Hall–Kier alpha value is -2.38. The summed E-state index contributed by atoms with van der Waals surface area (Å²) in [6, 6.07) is 7.97. The average molecular weight is 271 g/mol. The lowest BCUT2D eigenvalue weighted by atomic mass is 10.2. The molecule has 20 heavy (non-hydrogen) atoms. The molecule has 1 aromatic carbocycles. The highest BCUT2D eigenvalue weighted by Crippen LogP contribution is 2.19. The van der Waals surface area contributed by atoms with Gasteiger partial charge in [-0.05, 0) is 29.8 Å². The number of hydrogen-bond donors (Lipinski definition) is 1. The van der Waals surface area contributed by atoms with Crippen LogP contribution in [0.1, 0.15) is 11.1 Å². The van der Waals surface area contributed by atoms with Crippen molar-refractivity contribution in [2.75, 3.05) is 13.2 Å². The molecule has 0 aliphatic carbocycles. The van der Waals surface area contributed by atoms with Gasteiger partial charge in [-0.2, -0.15) is 0 Å². The van der Waals surface area contributed by atoms with Gasteiger partial charge in [0, 0.05) is 24.9 Å². The molecule has 0 aliphatic rings. The van der Waals surface area contributed by atoms with E-state index < -0.39 is 0 Å². The van der Waals surface area contributed by atoms with Gasteiger partial charge in [0.05, 0.1) is 12.2 Å². The van der Waals surface area contributed by atoms with Crippen LogP contribution in [-0.4, -0.2) is 23.3 Å². The number of nitrogens with zero attached hydrogens (tertiary/aromatic N) is 1. The lowest BCUT2D eigenvalue weighted by Gasteiger charge is -2.08. The maximum absolute atomic E-state index is 13.2. The Labute approximate surface area is 117 Å². The SMILES string of the molecule is OCC#Cc1ccc(F)cc1OCCc1ccncc1. The smallest absolute Gasteiger partial charge is 0.137 e. The number of pyridine rings is 1. The minimum atomic E-state index is -0.376. The third-order valence-electron chi connectivity index (χ3n) is 2.64. The summed E-state index contributed by atoms with van der Waals surface area (Å²) in [4.78, 5) is 3.94. The van der Waals surface area contributed by atoms with Gasteiger partial charge >= 0.3 is 0 Å². The van der Waals surface area contributed by atoms with Gasteiger partial charge in [-0.3, -0.25) is 4.98 Å². The number of rotatable bonds is 4. The molecular formula is C16H14FNO2. The van der Waals surface area contributed by atoms with E-state index in [9.17, 15) is 4.39 Å². The Bertz CT molecular complexity index is 617. The van der Waals surface area contributed by atoms with Crippen LogP contribution in [0.4, 0.5) is 4.39 Å². The van der Waals surface area contributed by atoms with Gasteiger partial charge in [-0.1, -0.05) is 11.8 Å². The van der Waals surface area contributed by atoms with Crippen LogP contribution in [0.15, 0.2) is 42.7 Å². The van der Waals surface area contributed by atoms with Gasteiger partial charge in [-0.25, -0.2) is 4.39 Å². The first-order valence-corrected chi connectivity index (χ1v) is 6.20. The summed E-state index contributed by atoms with van der Waals surface area (Å²) in [7, 11) is 0. The Morgan fingerprint density at radius 3 is 2.75 bits per heavy atom. The minimum absolute atomic E-state index is 0.242. The zero-order chi connectivity index (χ0) is 14.2. The first-order valence-electron chi connectivity index (χ1n) is 6.20. The van der Waals surface area contributed by atoms with Crippen LogP contribution in [0.3, 0.4) is 0 Å². The number of hydrogen-bond acceptors (Lipinski definition) is 3. The Morgan fingerprint density at radius 1 is 1.20 bits per heavy atom. The van der Waals surface area contributed by atoms with Crippen LogP contribution < -0.4 is 4.74 Å². The van der Waals surface area contributed by atoms with Gasteiger partial charge in [0.25, 0.3) is 0 Å². The molecule has 0 spiro atoms. The van der Waals surface area contributed by atoms with Crippen LogP contribution in [0, 0.1) is 17.7 Å². The predicted molar refractivity (Wildman–Crippen MR) is 73.8 cm³/mol. The second-order valence-corrected chi connectivity index (χ2v) is 4.05. The predicted octanol–water partition coefficient (Wildman–Crippen LogP) is 2.19. The Kier molecular flexibility index (Phi) is 5.10. The fraction of sp³-hybridized carbons (Fsp3) is 0.188. The van der Waals surface area contributed by atoms with E-state index in [0.29, 0.717) is 24.3 Å². The normalized spacial score (nSPS) is 9.70. The molecule has 1 N–H and O–H groups in total. The maximum Gasteiger partial charge on any atom is 0.137 e. The number of aliphatic hydroxyl groups is 1. The van der Waals surface area contributed by atoms with Crippen LogP contribution in [0.25, 0.3) is 0 Å². The molecule has 0 fully saturated rings. The molecule has 3 nitrogen and oxygen atoms in total. The second kappa shape index (κ2) is 7.27. The van der Waals surface area contributed by atoms with Crippen LogP contribution in [0.5, 0.6) is 5.75 Å². The zero-order valence-electron chi connectivity index (χ0n) is 10.8. The zero-order valence-corrected chi connectivity index (χ0v) is 10.8. The van der Waals surface area contributed by atoms with E-state index in [0.717, 1.165) is 5.56 Å². The topological polar surface area (TPSA) is 42.4 Å². The van der Waals surface area contributed by atoms with Gasteiger partial charge in [0.2, 0.25) is 0 Å². The standard InChI is InChI=1S/C16H14FNO2/c17-15-4-3-14(2-1-10-19)16(12-15)20-11-7-13-5-8-18-9-6-13/h3-6,8-9,12,19H,7,10-11H2. The molecule has 0 saturated heterocycles. The van der Waals surface area contributed by atoms with Crippen molar-refractivity contribution in [2.24, 2.45) is 0 Å². The van der Waals surface area contributed by atoms with E-state index in [1.807, 2.05) is 12.1 Å². The van der Waals surface area contributed by atoms with E-state index in [4.69, 9.17) is 9.84 Å². The van der Waals surface area contributed by atoms with Crippen LogP contribution in [-0.2, 0) is 6.42 Å². The van der Waals surface area contributed by atoms with E-state index in [-0.39, 0.29) is 12.4 Å². The van der Waals surface area contributed by atoms with Crippen molar-refractivity contribution in [1.29, 1.82) is 0 Å². The fourth-order valence-corrected chi connectivity index (χ4v) is 1.68. The summed E-state index contributed by atoms with van der Waals surface area (Å²) < 4.78 is 18.8. The van der Waals surface area contributed by atoms with Crippen molar-refractivity contribution in [1.82, 2.24) is 4.98 Å². The van der Waals surface area contributed by atoms with Crippen molar-refractivity contribution in [3.8, 4) is 17.6 Å². The fourth-order valence-electron chi connectivity index (χ4n) is 1.68. The summed E-state index contributed by atoms with van der Waals surface area (Å²) >= 11 is 0. The van der Waals surface area contributed by atoms with Gasteiger partial charge in [0.1, 0.15) is 18.2 Å². The van der Waals surface area contributed by atoms with Gasteiger partial charge in [0.15, 0.2) is 0 Å². The van der Waals surface area contributed by atoms with Crippen molar-refractivity contribution in [3.05, 3.63) is 59.7 Å². The molecule has 0 saturated carbocycles. The lowest BCUT2D eigenvalue weighted by Crippen LogP contribution is -2.03. The molecule has 0 amide bonds. The van der Waals surface area contributed by atoms with Gasteiger partial charge in [-0.15, -0.1) is 0 Å². The Morgan fingerprint density at radius 2 is 2.00 bits per heavy atom. The summed E-state index contributed by atoms with van der Waals surface area (Å²) in [6.45, 7) is 0.176. The molecule has 2 aromatic rings. The molecule has 0 unspecified atom stereocenters. The summed E-state index contributed by atoms with van der Waals surface area (Å²) in [6.07, 6.45) is 4.14. The van der Waals surface area contributed by atoms with Crippen molar-refractivity contribution < 1.29 is 14.2 Å². The molecule has 0 bridgehead atoms. The first-order chi connectivity index (χ1) is 9.79. The molecular weight excluding hydrogens is 257 g/mol. The largest absolute Gasteiger partial charge is 0.492 e. The van der Waals surface area contributed by atoms with Crippen molar-refractivity contribution >= 4 is 0 Å². The summed E-state index contributed by atoms with van der Waals surface area (Å²) in [5, 5.41) is 8.70. The third-order valence-corrected chi connectivity index (χ3v) is 2.64. The number of aromatic nitrogens is 1. The molecule has 1 heterocycles. The number of benzene rings is 1. The van der Waals surface area contributed by atoms with Crippen LogP contribution in [0.2, 0.25) is 0 Å². The van der Waals surface area contributed by atoms with Crippen molar-refractivity contribution in [3.63, 3.8) is 0 Å². The number of halogens is 1. The van der Waals surface area contributed by atoms with E-state index in [1.165, 1.54) is 12.1 Å². The molecule has 4 heteroatoms. The molecule has 0 radical (unpaired) electrons. The highest BCUT2D eigenvalue weighted by Gasteiger charge is 2.04. The van der Waals surface area contributed by atoms with Crippen LogP contribution >= 0.6 is 0 Å². The Balaban J connectivity index is 2.03. The van der Waals surface area contributed by atoms with Gasteiger partial charge < -0.3 is 9.84 Å². The van der Waals surface area contributed by atoms with E-state index in [2.05, 4.69) is 16.8 Å². The second-order valence-electron chi connectivity index (χ2n) is 4.05. The monoisotopic (exact) mass is 271 g/mol. The van der Waals surface area contributed by atoms with E-state index >= 15 is 0 Å². The molecule has 2 rings (SSSR count). The minimum Gasteiger partial charge on any atom is -0.492 e. The van der Waals surface area contributed by atoms with E-state index in [1.54, 1.807) is 18.5 Å².